The zero-order valence-electron chi connectivity index (χ0n) is 23.6. The molecule has 1 aromatic heterocycles. The summed E-state index contributed by atoms with van der Waals surface area (Å²) in [4.78, 5) is 23.0. The van der Waals surface area contributed by atoms with E-state index in [1.54, 1.807) is 49.5 Å². The van der Waals surface area contributed by atoms with Crippen LogP contribution in [-0.4, -0.2) is 49.8 Å². The van der Waals surface area contributed by atoms with Crippen LogP contribution in [0, 0.1) is 11.3 Å². The minimum Gasteiger partial charge on any atom is -0.492 e. The van der Waals surface area contributed by atoms with Crippen LogP contribution >= 0.6 is 11.6 Å². The van der Waals surface area contributed by atoms with Gasteiger partial charge in [-0.25, -0.2) is 0 Å². The molecule has 0 atom stereocenters. The lowest BCUT2D eigenvalue weighted by atomic mass is 10.0. The van der Waals surface area contributed by atoms with Gasteiger partial charge in [-0.15, -0.1) is 0 Å². The molecule has 2 aromatic carbocycles. The van der Waals surface area contributed by atoms with E-state index >= 15 is 0 Å². The van der Waals surface area contributed by atoms with Crippen molar-refractivity contribution in [3.05, 3.63) is 88.7 Å². The molecule has 0 bridgehead atoms. The maximum atomic E-state index is 12.7. The smallest absolute Gasteiger partial charge is 0.248 e. The molecule has 3 aromatic rings. The molecule has 0 aliphatic rings. The van der Waals surface area contributed by atoms with Crippen LogP contribution in [0.3, 0.4) is 0 Å². The van der Waals surface area contributed by atoms with E-state index < -0.39 is 0 Å². The summed E-state index contributed by atoms with van der Waals surface area (Å²) in [5, 5.41) is 16.4. The van der Waals surface area contributed by atoms with E-state index in [-0.39, 0.29) is 12.5 Å². The number of amides is 1. The van der Waals surface area contributed by atoms with Crippen LogP contribution in [0.15, 0.2) is 77.4 Å². The molecule has 41 heavy (non-hydrogen) atoms. The molecule has 1 heterocycles. The molecule has 212 valence electrons. The number of ether oxygens (including phenoxy) is 2. The zero-order chi connectivity index (χ0) is 29.8. The number of nitrogens with zero attached hydrogens (tertiary/aromatic N) is 4. The number of aliphatic imine (C=N–C) groups is 1. The quantitative estimate of drug-likeness (QED) is 0.137. The highest BCUT2D eigenvalue weighted by molar-refractivity contribution is 6.32. The second-order valence-corrected chi connectivity index (χ2v) is 9.51. The third-order valence-electron chi connectivity index (χ3n) is 5.68. The fraction of sp³-hybridized carbons (Fsp3) is 0.226. The maximum absolute atomic E-state index is 12.7. The third kappa shape index (κ3) is 8.93. The van der Waals surface area contributed by atoms with Gasteiger partial charge in [0.1, 0.15) is 18.1 Å². The predicted octanol–water partition coefficient (Wildman–Crippen LogP) is 6.47. The topological polar surface area (TPSA) is 112 Å². The number of hydrogen-bond donors (Lipinski definition) is 2. The van der Waals surface area contributed by atoms with Gasteiger partial charge in [-0.05, 0) is 71.1 Å². The molecule has 0 aliphatic carbocycles. The summed E-state index contributed by atoms with van der Waals surface area (Å²) in [7, 11) is 3.83. The van der Waals surface area contributed by atoms with Gasteiger partial charge >= 0.3 is 0 Å². The molecule has 0 unspecified atom stereocenters. The van der Waals surface area contributed by atoms with Crippen molar-refractivity contribution in [3.8, 4) is 17.6 Å². The van der Waals surface area contributed by atoms with Gasteiger partial charge in [-0.1, -0.05) is 23.7 Å². The lowest BCUT2D eigenvalue weighted by Gasteiger charge is -2.19. The summed E-state index contributed by atoms with van der Waals surface area (Å²) in [5.74, 6) is 0.605. The van der Waals surface area contributed by atoms with E-state index in [9.17, 15) is 10.1 Å². The lowest BCUT2D eigenvalue weighted by Crippen LogP contribution is -2.13. The highest BCUT2D eigenvalue weighted by Gasteiger charge is 2.18. The third-order valence-corrected chi connectivity index (χ3v) is 5.98. The van der Waals surface area contributed by atoms with Crippen molar-refractivity contribution >= 4 is 47.0 Å². The van der Waals surface area contributed by atoms with Gasteiger partial charge < -0.3 is 25.0 Å². The Hall–Kier alpha value is -4.65. The van der Waals surface area contributed by atoms with Crippen molar-refractivity contribution in [1.82, 2.24) is 9.88 Å². The van der Waals surface area contributed by atoms with Gasteiger partial charge in [0.2, 0.25) is 5.91 Å². The number of halogens is 1. The molecule has 3 rings (SSSR count). The Labute approximate surface area is 245 Å². The highest BCUT2D eigenvalue weighted by Crippen LogP contribution is 2.39. The van der Waals surface area contributed by atoms with E-state index in [4.69, 9.17) is 21.1 Å². The van der Waals surface area contributed by atoms with E-state index in [2.05, 4.69) is 33.4 Å². The lowest BCUT2D eigenvalue weighted by molar-refractivity contribution is -0.111. The molecular formula is C31H33ClN6O3. The Morgan fingerprint density at radius 3 is 2.61 bits per heavy atom. The summed E-state index contributed by atoms with van der Waals surface area (Å²) < 4.78 is 11.6. The molecule has 0 saturated heterocycles. The summed E-state index contributed by atoms with van der Waals surface area (Å²) in [5.41, 5.74) is 3.68. The van der Waals surface area contributed by atoms with Crippen LogP contribution in [0.4, 0.5) is 17.1 Å². The maximum Gasteiger partial charge on any atom is 0.248 e. The first-order valence-corrected chi connectivity index (χ1v) is 13.2. The Kier molecular flexibility index (Phi) is 11.5. The number of rotatable bonds is 13. The monoisotopic (exact) mass is 572 g/mol. The number of hydrogen-bond acceptors (Lipinski definition) is 8. The van der Waals surface area contributed by atoms with Crippen LogP contribution in [0.25, 0.3) is 5.70 Å². The largest absolute Gasteiger partial charge is 0.492 e. The first-order chi connectivity index (χ1) is 19.7. The van der Waals surface area contributed by atoms with Crippen LogP contribution in [-0.2, 0) is 11.4 Å². The summed E-state index contributed by atoms with van der Waals surface area (Å²) in [6.07, 6.45) is 4.92. The van der Waals surface area contributed by atoms with Gasteiger partial charge in [0, 0.05) is 36.1 Å². The Morgan fingerprint density at radius 2 is 1.98 bits per heavy atom. The number of likely N-dealkylation sites (N-methyl/N-ethyl adjacent to an activating group) is 1. The Balaban J connectivity index is 1.94. The molecule has 2 N–H and O–H groups in total. The van der Waals surface area contributed by atoms with Gasteiger partial charge in [0.15, 0.2) is 0 Å². The molecule has 0 fully saturated rings. The molecule has 0 radical (unpaired) electrons. The van der Waals surface area contributed by atoms with Gasteiger partial charge in [0.05, 0.1) is 46.0 Å². The molecule has 1 amide bonds. The summed E-state index contributed by atoms with van der Waals surface area (Å²) in [6.45, 7) is 8.49. The van der Waals surface area contributed by atoms with Crippen molar-refractivity contribution < 1.29 is 14.3 Å². The van der Waals surface area contributed by atoms with Crippen LogP contribution < -0.4 is 20.1 Å². The number of anilines is 2. The first kappa shape index (κ1) is 30.9. The van der Waals surface area contributed by atoms with Crippen LogP contribution in [0.5, 0.6) is 11.5 Å². The number of allylic oxidation sites excluding steroid dienone is 1. The Morgan fingerprint density at radius 1 is 1.17 bits per heavy atom. The van der Waals surface area contributed by atoms with Gasteiger partial charge in [-0.2, -0.15) is 5.26 Å². The average Bonchev–Trinajstić information content (AvgIpc) is 2.96. The number of pyridine rings is 1. The SMILES string of the molecule is C=Nc1cc(OCC)c(NC(=O)/C=C/CN(C)C)cc1/C(Nc1ccc(OCc2ccccn2)c(Cl)c1)=C(\C)C#N. The second kappa shape index (κ2) is 15.2. The predicted molar refractivity (Wildman–Crippen MR) is 165 cm³/mol. The Bertz CT molecular complexity index is 1480. The molecule has 0 aliphatic heterocycles. The van der Waals surface area contributed by atoms with Crippen LogP contribution in [0.2, 0.25) is 5.02 Å². The van der Waals surface area contributed by atoms with Crippen LogP contribution in [0.1, 0.15) is 25.1 Å². The fourth-order valence-electron chi connectivity index (χ4n) is 3.71. The van der Waals surface area contributed by atoms with E-state index in [0.29, 0.717) is 63.6 Å². The number of nitriles is 1. The molecule has 0 spiro atoms. The zero-order valence-corrected chi connectivity index (χ0v) is 24.3. The van der Waals surface area contributed by atoms with Gasteiger partial charge in [0.25, 0.3) is 0 Å². The minimum absolute atomic E-state index is 0.269. The molecule has 10 heteroatoms. The number of carbonyl (C=O) groups excluding carboxylic acids is 1. The van der Waals surface area contributed by atoms with E-state index in [1.807, 2.05) is 44.1 Å². The average molecular weight is 573 g/mol. The number of aromatic nitrogens is 1. The highest BCUT2D eigenvalue weighted by atomic mass is 35.5. The number of benzene rings is 2. The van der Waals surface area contributed by atoms with Crippen molar-refractivity contribution in [2.24, 2.45) is 4.99 Å². The second-order valence-electron chi connectivity index (χ2n) is 9.10. The van der Waals surface area contributed by atoms with Crippen molar-refractivity contribution in [2.75, 3.05) is 37.9 Å². The van der Waals surface area contributed by atoms with Gasteiger partial charge in [-0.3, -0.25) is 14.8 Å². The summed E-state index contributed by atoms with van der Waals surface area (Å²) in [6, 6.07) is 16.4. The molecule has 0 saturated carbocycles. The summed E-state index contributed by atoms with van der Waals surface area (Å²) >= 11 is 6.53. The number of carbonyl (C=O) groups is 1. The normalized spacial score (nSPS) is 11.5. The molecule has 9 nitrogen and oxygen atoms in total. The van der Waals surface area contributed by atoms with Crippen molar-refractivity contribution in [2.45, 2.75) is 20.5 Å². The fourth-order valence-corrected chi connectivity index (χ4v) is 3.95. The molecular weight excluding hydrogens is 540 g/mol. The van der Waals surface area contributed by atoms with E-state index in [1.165, 1.54) is 6.08 Å². The number of nitrogens with one attached hydrogen (secondary N) is 2. The van der Waals surface area contributed by atoms with Crippen molar-refractivity contribution in [3.63, 3.8) is 0 Å². The first-order valence-electron chi connectivity index (χ1n) is 12.9. The standard InChI is InChI=1S/C31H33ClN6O3/c1-6-40-29-18-26(34-3)24(17-27(29)37-30(39)11-9-15-38(4)5)31(21(2)19-33)36-22-12-13-28(25(32)16-22)41-20-23-10-7-8-14-35-23/h7-14,16-18,36H,3,6,15,20H2,1-2,4-5H3,(H,37,39)/b11-9+,31-21-. The van der Waals surface area contributed by atoms with Crippen molar-refractivity contribution in [1.29, 1.82) is 5.26 Å². The minimum atomic E-state index is -0.318. The van der Waals surface area contributed by atoms with E-state index in [0.717, 1.165) is 5.69 Å².